The summed E-state index contributed by atoms with van der Waals surface area (Å²) in [5.74, 6) is 0.784. The third-order valence-corrected chi connectivity index (χ3v) is 1.89. The summed E-state index contributed by atoms with van der Waals surface area (Å²) in [6, 6.07) is 7.46. The van der Waals surface area contributed by atoms with Gasteiger partial charge in [-0.1, -0.05) is 12.1 Å². The minimum Gasteiger partial charge on any atom is -0.497 e. The lowest BCUT2D eigenvalue weighted by atomic mass is 10.2. The fourth-order valence-electron chi connectivity index (χ4n) is 0.868. The predicted octanol–water partition coefficient (Wildman–Crippen LogP) is 2.02. The lowest BCUT2D eigenvalue weighted by molar-refractivity contribution is 0.409. The lowest BCUT2D eigenvalue weighted by Gasteiger charge is -2.03. The Hall–Kier alpha value is -1.09. The third kappa shape index (κ3) is 1.95. The fraction of sp³-hybridized carbons (Fsp3) is 0.222. The Morgan fingerprint density at radius 2 is 2.08 bits per heavy atom. The first-order valence-electron chi connectivity index (χ1n) is 3.50. The van der Waals surface area contributed by atoms with Crippen LogP contribution in [0.2, 0.25) is 0 Å². The molecule has 0 saturated carbocycles. The average Bonchev–Trinajstić information content (AvgIpc) is 2.17. The summed E-state index contributed by atoms with van der Waals surface area (Å²) in [6.07, 6.45) is 0. The molecular weight excluding hydrogens is 172 g/mol. The number of benzene rings is 1. The highest BCUT2D eigenvalue weighted by molar-refractivity contribution is 7.80. The van der Waals surface area contributed by atoms with Crippen LogP contribution in [0.5, 0.6) is 5.75 Å². The van der Waals surface area contributed by atoms with E-state index in [0.29, 0.717) is 5.05 Å². The van der Waals surface area contributed by atoms with Gasteiger partial charge in [-0.2, -0.15) is 0 Å². The SMILES string of the molecule is COC(=S)c1cccc(OC)c1. The second-order valence-electron chi connectivity index (χ2n) is 2.22. The van der Waals surface area contributed by atoms with E-state index in [1.54, 1.807) is 14.2 Å². The van der Waals surface area contributed by atoms with E-state index in [0.717, 1.165) is 11.3 Å². The summed E-state index contributed by atoms with van der Waals surface area (Å²) >= 11 is 4.95. The van der Waals surface area contributed by atoms with E-state index in [9.17, 15) is 0 Å². The van der Waals surface area contributed by atoms with Gasteiger partial charge >= 0.3 is 0 Å². The Morgan fingerprint density at radius 3 is 2.67 bits per heavy atom. The van der Waals surface area contributed by atoms with Crippen molar-refractivity contribution in [1.82, 2.24) is 0 Å². The van der Waals surface area contributed by atoms with Crippen LogP contribution in [0, 0.1) is 0 Å². The van der Waals surface area contributed by atoms with E-state index in [1.165, 1.54) is 0 Å². The molecule has 0 fully saturated rings. The molecule has 3 heteroatoms. The van der Waals surface area contributed by atoms with Crippen LogP contribution in [0.4, 0.5) is 0 Å². The number of hydrogen-bond acceptors (Lipinski definition) is 3. The first kappa shape index (κ1) is 9.00. The second-order valence-corrected chi connectivity index (χ2v) is 2.59. The van der Waals surface area contributed by atoms with Gasteiger partial charge < -0.3 is 9.47 Å². The van der Waals surface area contributed by atoms with Crippen LogP contribution in [0.1, 0.15) is 5.56 Å². The van der Waals surface area contributed by atoms with Gasteiger partial charge in [0.15, 0.2) is 5.05 Å². The summed E-state index contributed by atoms with van der Waals surface area (Å²) in [4.78, 5) is 0. The van der Waals surface area contributed by atoms with Crippen molar-refractivity contribution >= 4 is 17.3 Å². The normalized spacial score (nSPS) is 9.17. The van der Waals surface area contributed by atoms with Crippen LogP contribution in [0.15, 0.2) is 24.3 Å². The van der Waals surface area contributed by atoms with Crippen molar-refractivity contribution in [2.75, 3.05) is 14.2 Å². The van der Waals surface area contributed by atoms with Crippen molar-refractivity contribution in [3.05, 3.63) is 29.8 Å². The van der Waals surface area contributed by atoms with E-state index >= 15 is 0 Å². The summed E-state index contributed by atoms with van der Waals surface area (Å²) in [5, 5.41) is 0.480. The molecule has 1 aromatic carbocycles. The van der Waals surface area contributed by atoms with Crippen molar-refractivity contribution in [3.8, 4) is 5.75 Å². The molecule has 1 rings (SSSR count). The highest BCUT2D eigenvalue weighted by Gasteiger charge is 2.00. The van der Waals surface area contributed by atoms with Crippen LogP contribution in [-0.4, -0.2) is 19.3 Å². The zero-order valence-corrected chi connectivity index (χ0v) is 7.85. The predicted molar refractivity (Wildman–Crippen MR) is 51.7 cm³/mol. The number of methoxy groups -OCH3 is 2. The van der Waals surface area contributed by atoms with E-state index in [1.807, 2.05) is 24.3 Å². The van der Waals surface area contributed by atoms with E-state index < -0.39 is 0 Å². The number of hydrogen-bond donors (Lipinski definition) is 0. The van der Waals surface area contributed by atoms with Crippen molar-refractivity contribution in [1.29, 1.82) is 0 Å². The molecule has 0 atom stereocenters. The first-order chi connectivity index (χ1) is 5.77. The second kappa shape index (κ2) is 4.07. The molecule has 0 aromatic heterocycles. The van der Waals surface area contributed by atoms with Crippen molar-refractivity contribution in [2.45, 2.75) is 0 Å². The molecular formula is C9H10O2S. The van der Waals surface area contributed by atoms with Crippen LogP contribution in [0.3, 0.4) is 0 Å². The molecule has 0 aliphatic carbocycles. The molecule has 0 bridgehead atoms. The van der Waals surface area contributed by atoms with Crippen LogP contribution in [-0.2, 0) is 4.74 Å². The smallest absolute Gasteiger partial charge is 0.190 e. The molecule has 2 nitrogen and oxygen atoms in total. The molecule has 0 heterocycles. The number of thiocarbonyl (C=S) groups is 1. The topological polar surface area (TPSA) is 18.5 Å². The largest absolute Gasteiger partial charge is 0.497 e. The molecule has 0 spiro atoms. The summed E-state index contributed by atoms with van der Waals surface area (Å²) < 4.78 is 9.95. The maximum atomic E-state index is 5.03. The molecule has 0 unspecified atom stereocenters. The number of ether oxygens (including phenoxy) is 2. The van der Waals surface area contributed by atoms with Crippen LogP contribution < -0.4 is 4.74 Å². The van der Waals surface area contributed by atoms with E-state index in [-0.39, 0.29) is 0 Å². The number of rotatable bonds is 2. The maximum absolute atomic E-state index is 5.03. The Labute approximate surface area is 77.1 Å². The van der Waals surface area contributed by atoms with Crippen molar-refractivity contribution < 1.29 is 9.47 Å². The zero-order chi connectivity index (χ0) is 8.97. The average molecular weight is 182 g/mol. The van der Waals surface area contributed by atoms with Gasteiger partial charge in [0.2, 0.25) is 0 Å². The Balaban J connectivity index is 2.93. The van der Waals surface area contributed by atoms with E-state index in [2.05, 4.69) is 0 Å². The monoisotopic (exact) mass is 182 g/mol. The molecule has 12 heavy (non-hydrogen) atoms. The van der Waals surface area contributed by atoms with Gasteiger partial charge in [-0.3, -0.25) is 0 Å². The van der Waals surface area contributed by atoms with Gasteiger partial charge in [0.1, 0.15) is 5.75 Å². The molecule has 0 aliphatic rings. The van der Waals surface area contributed by atoms with Crippen LogP contribution in [0.25, 0.3) is 0 Å². The fourth-order valence-corrected chi connectivity index (χ4v) is 0.995. The lowest BCUT2D eigenvalue weighted by Crippen LogP contribution is -1.99. The Bertz CT molecular complexity index is 284. The molecule has 0 amide bonds. The van der Waals surface area contributed by atoms with E-state index in [4.69, 9.17) is 21.7 Å². The van der Waals surface area contributed by atoms with Crippen LogP contribution >= 0.6 is 12.2 Å². The standard InChI is InChI=1S/C9H10O2S/c1-10-8-5-3-4-7(6-8)9(12)11-2/h3-6H,1-2H3. The summed E-state index contributed by atoms with van der Waals surface area (Å²) in [7, 11) is 3.18. The quantitative estimate of drug-likeness (QED) is 0.652. The molecule has 0 saturated heterocycles. The third-order valence-electron chi connectivity index (χ3n) is 1.49. The van der Waals surface area contributed by atoms with Crippen molar-refractivity contribution in [3.63, 3.8) is 0 Å². The molecule has 0 aliphatic heterocycles. The maximum Gasteiger partial charge on any atom is 0.190 e. The van der Waals surface area contributed by atoms with Crippen molar-refractivity contribution in [2.24, 2.45) is 0 Å². The van der Waals surface area contributed by atoms with Gasteiger partial charge in [0.05, 0.1) is 14.2 Å². The van der Waals surface area contributed by atoms with Gasteiger partial charge in [-0.25, -0.2) is 0 Å². The van der Waals surface area contributed by atoms with Gasteiger partial charge in [0, 0.05) is 5.56 Å². The van der Waals surface area contributed by atoms with Gasteiger partial charge in [-0.15, -0.1) is 0 Å². The zero-order valence-electron chi connectivity index (χ0n) is 7.03. The molecule has 0 radical (unpaired) electrons. The minimum atomic E-state index is 0.480. The highest BCUT2D eigenvalue weighted by atomic mass is 32.1. The molecule has 0 N–H and O–H groups in total. The van der Waals surface area contributed by atoms with Gasteiger partial charge in [-0.05, 0) is 24.4 Å². The first-order valence-corrected chi connectivity index (χ1v) is 3.91. The Morgan fingerprint density at radius 1 is 1.33 bits per heavy atom. The summed E-state index contributed by atoms with van der Waals surface area (Å²) in [6.45, 7) is 0. The molecule has 1 aromatic rings. The minimum absolute atomic E-state index is 0.480. The Kier molecular flexibility index (Phi) is 3.05. The summed E-state index contributed by atoms with van der Waals surface area (Å²) in [5.41, 5.74) is 0.867. The molecule has 64 valence electrons. The van der Waals surface area contributed by atoms with Gasteiger partial charge in [0.25, 0.3) is 0 Å². The highest BCUT2D eigenvalue weighted by Crippen LogP contribution is 2.13.